The van der Waals surface area contributed by atoms with E-state index in [0.29, 0.717) is 24.6 Å². The minimum atomic E-state index is -0.315. The molecular formula is C16H22FNO2S2. The van der Waals surface area contributed by atoms with Crippen molar-refractivity contribution in [1.29, 1.82) is 0 Å². The molecule has 1 aliphatic carbocycles. The molecule has 122 valence electrons. The number of Topliss-reactive ketones (excluding diaryl/α,β-unsaturated/α-hetero) is 1. The van der Waals surface area contributed by atoms with Gasteiger partial charge in [0, 0.05) is 37.3 Å². The minimum absolute atomic E-state index is 0.0217. The van der Waals surface area contributed by atoms with Crippen LogP contribution in [0.3, 0.4) is 0 Å². The number of hydrogen-bond donors (Lipinski definition) is 2. The number of nitrogens with one attached hydrogen (secondary N) is 1. The Bertz CT molecular complexity index is 519. The first kappa shape index (κ1) is 17.6. The van der Waals surface area contributed by atoms with Crippen LogP contribution in [0.15, 0.2) is 18.2 Å². The van der Waals surface area contributed by atoms with Crippen molar-refractivity contribution in [2.75, 3.05) is 0 Å². The quantitative estimate of drug-likeness (QED) is 0.425. The molecular weight excluding hydrogens is 321 g/mol. The molecule has 0 saturated heterocycles. The van der Waals surface area contributed by atoms with E-state index in [9.17, 15) is 9.18 Å². The van der Waals surface area contributed by atoms with Crippen molar-refractivity contribution in [3.8, 4) is 5.75 Å². The highest BCUT2D eigenvalue weighted by Gasteiger charge is 2.30. The third-order valence-electron chi connectivity index (χ3n) is 3.85. The number of thiol groups is 1. The van der Waals surface area contributed by atoms with E-state index >= 15 is 0 Å². The SMILES string of the molecule is CC(C)C(=O)CCc1cc(F)cc(OC2CC(NSS)C2)c1. The molecule has 1 saturated carbocycles. The molecule has 1 aromatic rings. The fourth-order valence-corrected chi connectivity index (χ4v) is 3.20. The monoisotopic (exact) mass is 343 g/mol. The first-order chi connectivity index (χ1) is 10.5. The van der Waals surface area contributed by atoms with Crippen LogP contribution in [0.2, 0.25) is 0 Å². The summed E-state index contributed by atoms with van der Waals surface area (Å²) in [6.07, 6.45) is 2.90. The number of carbonyl (C=O) groups is 1. The first-order valence-electron chi connectivity index (χ1n) is 7.52. The van der Waals surface area contributed by atoms with E-state index in [1.807, 2.05) is 19.9 Å². The van der Waals surface area contributed by atoms with Crippen LogP contribution in [0.4, 0.5) is 4.39 Å². The summed E-state index contributed by atoms with van der Waals surface area (Å²) in [6, 6.07) is 5.12. The zero-order valence-electron chi connectivity index (χ0n) is 12.8. The van der Waals surface area contributed by atoms with Gasteiger partial charge >= 0.3 is 0 Å². The van der Waals surface area contributed by atoms with E-state index in [0.717, 1.165) is 18.4 Å². The van der Waals surface area contributed by atoms with Crippen molar-refractivity contribution in [2.24, 2.45) is 5.92 Å². The Labute approximate surface area is 140 Å². The van der Waals surface area contributed by atoms with Crippen molar-refractivity contribution in [3.05, 3.63) is 29.6 Å². The lowest BCUT2D eigenvalue weighted by atomic mass is 9.90. The van der Waals surface area contributed by atoms with Crippen LogP contribution in [-0.2, 0) is 11.2 Å². The molecule has 2 rings (SSSR count). The third kappa shape index (κ3) is 5.18. The standard InChI is InChI=1S/C16H22FNO2S2/c1-10(2)16(19)4-3-11-5-12(17)7-14(6-11)20-15-8-13(9-15)18-22-21/h5-7,10,13,15,18,21H,3-4,8-9H2,1-2H3. The number of halogens is 1. The van der Waals surface area contributed by atoms with Gasteiger partial charge < -0.3 is 4.74 Å². The van der Waals surface area contributed by atoms with Gasteiger partial charge in [-0.3, -0.25) is 9.52 Å². The van der Waals surface area contributed by atoms with Gasteiger partial charge in [-0.15, -0.1) is 0 Å². The van der Waals surface area contributed by atoms with Gasteiger partial charge in [0.2, 0.25) is 0 Å². The second-order valence-electron chi connectivity index (χ2n) is 6.03. The molecule has 1 aromatic carbocycles. The lowest BCUT2D eigenvalue weighted by Crippen LogP contribution is -2.44. The van der Waals surface area contributed by atoms with Crippen LogP contribution < -0.4 is 9.46 Å². The molecule has 0 amide bonds. The van der Waals surface area contributed by atoms with Crippen LogP contribution >= 0.6 is 22.6 Å². The number of hydrogen-bond acceptors (Lipinski definition) is 5. The number of ketones is 1. The summed E-state index contributed by atoms with van der Waals surface area (Å²) in [4.78, 5) is 11.7. The molecule has 6 heteroatoms. The highest BCUT2D eigenvalue weighted by molar-refractivity contribution is 8.67. The summed E-state index contributed by atoms with van der Waals surface area (Å²) in [5.41, 5.74) is 0.809. The zero-order valence-corrected chi connectivity index (χ0v) is 14.6. The second-order valence-corrected chi connectivity index (χ2v) is 7.00. The maximum Gasteiger partial charge on any atom is 0.135 e. The molecule has 0 atom stereocenters. The number of benzene rings is 1. The summed E-state index contributed by atoms with van der Waals surface area (Å²) in [5, 5.41) is 0. The summed E-state index contributed by atoms with van der Waals surface area (Å²) >= 11 is 4.05. The molecule has 1 fully saturated rings. The smallest absolute Gasteiger partial charge is 0.135 e. The fraction of sp³-hybridized carbons (Fsp3) is 0.562. The Hall–Kier alpha value is -0.720. The highest BCUT2D eigenvalue weighted by Crippen LogP contribution is 2.28. The molecule has 0 spiro atoms. The Balaban J connectivity index is 1.89. The van der Waals surface area contributed by atoms with Crippen molar-refractivity contribution in [3.63, 3.8) is 0 Å². The first-order valence-corrected chi connectivity index (χ1v) is 9.39. The van der Waals surface area contributed by atoms with Gasteiger partial charge in [-0.2, -0.15) is 0 Å². The molecule has 0 aromatic heterocycles. The Morgan fingerprint density at radius 2 is 2.18 bits per heavy atom. The Kier molecular flexibility index (Phi) is 6.59. The average molecular weight is 343 g/mol. The van der Waals surface area contributed by atoms with Crippen LogP contribution in [0.1, 0.15) is 38.7 Å². The Morgan fingerprint density at radius 1 is 1.45 bits per heavy atom. The van der Waals surface area contributed by atoms with Gasteiger partial charge in [0.05, 0.1) is 0 Å². The molecule has 0 bridgehead atoms. The van der Waals surface area contributed by atoms with Gasteiger partial charge in [0.15, 0.2) is 0 Å². The maximum absolute atomic E-state index is 13.7. The number of carbonyl (C=O) groups excluding carboxylic acids is 1. The van der Waals surface area contributed by atoms with Crippen LogP contribution in [0, 0.1) is 11.7 Å². The van der Waals surface area contributed by atoms with Crippen molar-refractivity contribution in [1.82, 2.24) is 4.72 Å². The van der Waals surface area contributed by atoms with E-state index in [4.69, 9.17) is 4.74 Å². The lowest BCUT2D eigenvalue weighted by Gasteiger charge is -2.35. The average Bonchev–Trinajstić information content (AvgIpc) is 2.42. The molecule has 0 heterocycles. The largest absolute Gasteiger partial charge is 0.490 e. The molecule has 1 aliphatic rings. The normalized spacial score (nSPS) is 20.8. The molecule has 3 nitrogen and oxygen atoms in total. The predicted molar refractivity (Wildman–Crippen MR) is 91.7 cm³/mol. The fourth-order valence-electron chi connectivity index (χ4n) is 2.41. The Morgan fingerprint density at radius 3 is 2.82 bits per heavy atom. The number of rotatable bonds is 8. The van der Waals surface area contributed by atoms with Gasteiger partial charge in [-0.25, -0.2) is 4.39 Å². The molecule has 0 unspecified atom stereocenters. The van der Waals surface area contributed by atoms with Crippen molar-refractivity contribution >= 4 is 28.4 Å². The summed E-state index contributed by atoms with van der Waals surface area (Å²) in [6.45, 7) is 3.76. The van der Waals surface area contributed by atoms with E-state index < -0.39 is 0 Å². The predicted octanol–water partition coefficient (Wildman–Crippen LogP) is 3.98. The lowest BCUT2D eigenvalue weighted by molar-refractivity contribution is -0.121. The van der Waals surface area contributed by atoms with E-state index in [1.165, 1.54) is 23.1 Å². The van der Waals surface area contributed by atoms with Gasteiger partial charge in [0.25, 0.3) is 0 Å². The second kappa shape index (κ2) is 8.22. The van der Waals surface area contributed by atoms with Gasteiger partial charge in [-0.1, -0.05) is 25.5 Å². The summed E-state index contributed by atoms with van der Waals surface area (Å²) in [7, 11) is 1.31. The van der Waals surface area contributed by atoms with Gasteiger partial charge in [-0.05, 0) is 35.1 Å². The molecule has 0 aliphatic heterocycles. The van der Waals surface area contributed by atoms with E-state index in [2.05, 4.69) is 16.4 Å². The minimum Gasteiger partial charge on any atom is -0.490 e. The number of aryl methyl sites for hydroxylation is 1. The summed E-state index contributed by atoms with van der Waals surface area (Å²) in [5.74, 6) is 0.454. The highest BCUT2D eigenvalue weighted by atomic mass is 33.1. The van der Waals surface area contributed by atoms with E-state index in [1.54, 1.807) is 0 Å². The molecule has 1 N–H and O–H groups in total. The van der Waals surface area contributed by atoms with Crippen LogP contribution in [0.5, 0.6) is 5.75 Å². The van der Waals surface area contributed by atoms with Gasteiger partial charge in [0.1, 0.15) is 23.5 Å². The van der Waals surface area contributed by atoms with E-state index in [-0.39, 0.29) is 23.6 Å². The number of ether oxygens (including phenoxy) is 1. The van der Waals surface area contributed by atoms with Crippen LogP contribution in [0.25, 0.3) is 0 Å². The zero-order chi connectivity index (χ0) is 16.1. The molecule has 0 radical (unpaired) electrons. The van der Waals surface area contributed by atoms with Crippen molar-refractivity contribution in [2.45, 2.75) is 51.7 Å². The van der Waals surface area contributed by atoms with Crippen molar-refractivity contribution < 1.29 is 13.9 Å². The third-order valence-corrected chi connectivity index (χ3v) is 4.61. The topological polar surface area (TPSA) is 38.3 Å². The maximum atomic E-state index is 13.7. The van der Waals surface area contributed by atoms with Crippen LogP contribution in [-0.4, -0.2) is 17.9 Å². The summed E-state index contributed by atoms with van der Waals surface area (Å²) < 4.78 is 22.6. The molecule has 22 heavy (non-hydrogen) atoms.